The smallest absolute Gasteiger partial charge is 0.278 e. The van der Waals surface area contributed by atoms with Gasteiger partial charge in [-0.2, -0.15) is 26.3 Å². The fourth-order valence-corrected chi connectivity index (χ4v) is 3.94. The Morgan fingerprint density at radius 3 is 1.96 bits per heavy atom. The van der Waals surface area contributed by atoms with Crippen LogP contribution in [0.5, 0.6) is 0 Å². The molecule has 26 heavy (non-hydrogen) atoms. The van der Waals surface area contributed by atoms with Crippen molar-refractivity contribution < 1.29 is 34.8 Å². The molecule has 0 spiro atoms. The van der Waals surface area contributed by atoms with E-state index in [2.05, 4.69) is 15.9 Å². The van der Waals surface area contributed by atoms with Crippen molar-refractivity contribution in [2.45, 2.75) is 17.2 Å². The topological polar surface area (TPSA) is 46.2 Å². The number of sulfonamides is 1. The van der Waals surface area contributed by atoms with Crippen LogP contribution in [0.3, 0.4) is 0 Å². The number of hydrogen-bond donors (Lipinski definition) is 1. The minimum atomic E-state index is -4.79. The van der Waals surface area contributed by atoms with Crippen LogP contribution < -0.4 is 4.72 Å². The maximum absolute atomic E-state index is 12.8. The van der Waals surface area contributed by atoms with Gasteiger partial charge in [-0.3, -0.25) is 4.72 Å². The maximum atomic E-state index is 12.8. The summed E-state index contributed by atoms with van der Waals surface area (Å²) in [4.78, 5) is -0.741. The lowest BCUT2D eigenvalue weighted by Crippen LogP contribution is -2.15. The zero-order valence-electron chi connectivity index (χ0n) is 12.2. The van der Waals surface area contributed by atoms with Crippen LogP contribution >= 0.6 is 27.5 Å². The van der Waals surface area contributed by atoms with Gasteiger partial charge in [-0.1, -0.05) is 27.5 Å². The quantitative estimate of drug-likeness (QED) is 0.550. The van der Waals surface area contributed by atoms with E-state index in [1.807, 2.05) is 4.72 Å². The van der Waals surface area contributed by atoms with Gasteiger partial charge in [0.2, 0.25) is 0 Å². The SMILES string of the molecule is O=S(=O)(Nc1ccc(C(F)(F)F)cc1Cl)c1cc(Br)cc(C(F)(F)F)c1. The minimum Gasteiger partial charge on any atom is -0.278 e. The van der Waals surface area contributed by atoms with Crippen molar-refractivity contribution in [2.75, 3.05) is 4.72 Å². The molecule has 3 nitrogen and oxygen atoms in total. The zero-order valence-corrected chi connectivity index (χ0v) is 15.4. The van der Waals surface area contributed by atoms with Crippen LogP contribution in [0.1, 0.15) is 11.1 Å². The minimum absolute atomic E-state index is 0.147. The molecule has 0 aromatic heterocycles. The summed E-state index contributed by atoms with van der Waals surface area (Å²) in [5.41, 5.74) is -2.73. The van der Waals surface area contributed by atoms with Gasteiger partial charge in [-0.05, 0) is 36.4 Å². The van der Waals surface area contributed by atoms with E-state index in [4.69, 9.17) is 11.6 Å². The van der Waals surface area contributed by atoms with Gasteiger partial charge in [0.15, 0.2) is 0 Å². The summed E-state index contributed by atoms with van der Waals surface area (Å²) in [6, 6.07) is 3.85. The average molecular weight is 483 g/mol. The zero-order chi connectivity index (χ0) is 19.9. The summed E-state index contributed by atoms with van der Waals surface area (Å²) in [6.45, 7) is 0. The molecule has 0 aliphatic carbocycles. The second-order valence-corrected chi connectivity index (χ2v) is 7.98. The van der Waals surface area contributed by atoms with Crippen LogP contribution in [0.25, 0.3) is 0 Å². The molecule has 0 radical (unpaired) electrons. The molecule has 0 aliphatic rings. The van der Waals surface area contributed by atoms with Crippen molar-refractivity contribution >= 4 is 43.2 Å². The van der Waals surface area contributed by atoms with E-state index in [-0.39, 0.29) is 4.47 Å². The number of nitrogens with one attached hydrogen (secondary N) is 1. The monoisotopic (exact) mass is 481 g/mol. The Morgan fingerprint density at radius 2 is 1.46 bits per heavy atom. The van der Waals surface area contributed by atoms with E-state index in [0.717, 1.165) is 12.1 Å². The molecular weight excluding hydrogens is 476 g/mol. The molecule has 2 aromatic carbocycles. The van der Waals surface area contributed by atoms with E-state index in [1.54, 1.807) is 0 Å². The standard InChI is InChI=1S/C14H7BrClF6NO2S/c15-9-3-8(14(20,21)22)4-10(6-9)26(24,25)23-12-2-1-7(5-11(12)16)13(17,18)19/h1-6,23H. The molecule has 0 amide bonds. The lowest BCUT2D eigenvalue weighted by molar-refractivity contribution is -0.138. The van der Waals surface area contributed by atoms with Crippen molar-refractivity contribution in [1.29, 1.82) is 0 Å². The molecule has 0 unspecified atom stereocenters. The number of alkyl halides is 6. The predicted molar refractivity (Wildman–Crippen MR) is 86.4 cm³/mol. The van der Waals surface area contributed by atoms with Crippen molar-refractivity contribution in [3.63, 3.8) is 0 Å². The second-order valence-electron chi connectivity index (χ2n) is 4.97. The van der Waals surface area contributed by atoms with Gasteiger partial charge in [-0.25, -0.2) is 8.42 Å². The molecule has 0 aliphatic heterocycles. The predicted octanol–water partition coefficient (Wildman–Crippen LogP) is 5.94. The Bertz CT molecular complexity index is 943. The van der Waals surface area contributed by atoms with Crippen molar-refractivity contribution in [2.24, 2.45) is 0 Å². The molecule has 2 rings (SSSR count). The summed E-state index contributed by atoms with van der Waals surface area (Å²) < 4.78 is 103. The van der Waals surface area contributed by atoms with Crippen molar-refractivity contribution in [3.05, 3.63) is 57.0 Å². The molecule has 1 N–H and O–H groups in total. The van der Waals surface area contributed by atoms with E-state index in [1.165, 1.54) is 0 Å². The van der Waals surface area contributed by atoms with E-state index < -0.39 is 49.1 Å². The first-order valence-corrected chi connectivity index (χ1v) is 9.13. The highest BCUT2D eigenvalue weighted by molar-refractivity contribution is 9.10. The van der Waals surface area contributed by atoms with Crippen LogP contribution in [-0.2, 0) is 22.4 Å². The van der Waals surface area contributed by atoms with Gasteiger partial charge in [0.25, 0.3) is 10.0 Å². The number of halogens is 8. The molecule has 0 bridgehead atoms. The highest BCUT2D eigenvalue weighted by Gasteiger charge is 2.33. The van der Waals surface area contributed by atoms with Crippen molar-refractivity contribution in [3.8, 4) is 0 Å². The van der Waals surface area contributed by atoms with Crippen LogP contribution in [0.15, 0.2) is 45.8 Å². The van der Waals surface area contributed by atoms with E-state index >= 15 is 0 Å². The normalized spacial score (nSPS) is 12.9. The third-order valence-electron chi connectivity index (χ3n) is 3.05. The fraction of sp³-hybridized carbons (Fsp3) is 0.143. The third kappa shape index (κ3) is 4.83. The number of hydrogen-bond acceptors (Lipinski definition) is 2. The van der Waals surface area contributed by atoms with Crippen LogP contribution in [0.2, 0.25) is 5.02 Å². The summed E-state index contributed by atoms with van der Waals surface area (Å²) >= 11 is 8.43. The second kappa shape index (κ2) is 6.93. The highest BCUT2D eigenvalue weighted by Crippen LogP contribution is 2.36. The molecule has 0 atom stereocenters. The molecule has 0 fully saturated rings. The van der Waals surface area contributed by atoms with Crippen LogP contribution in [0.4, 0.5) is 32.0 Å². The third-order valence-corrected chi connectivity index (χ3v) is 5.17. The molecule has 0 heterocycles. The van der Waals surface area contributed by atoms with Gasteiger partial charge in [0, 0.05) is 4.47 Å². The average Bonchev–Trinajstić information content (AvgIpc) is 2.46. The Balaban J connectivity index is 2.43. The number of rotatable bonds is 3. The Morgan fingerprint density at radius 1 is 0.885 bits per heavy atom. The van der Waals surface area contributed by atoms with Gasteiger partial charge >= 0.3 is 12.4 Å². The van der Waals surface area contributed by atoms with Crippen LogP contribution in [0, 0.1) is 0 Å². The summed E-state index contributed by atoms with van der Waals surface area (Å²) in [5.74, 6) is 0. The lowest BCUT2D eigenvalue weighted by Gasteiger charge is -2.14. The molecular formula is C14H7BrClF6NO2S. The van der Waals surface area contributed by atoms with Gasteiger partial charge in [-0.15, -0.1) is 0 Å². The molecule has 0 saturated heterocycles. The summed E-state index contributed by atoms with van der Waals surface area (Å²) in [7, 11) is -4.54. The maximum Gasteiger partial charge on any atom is 0.416 e. The molecule has 0 saturated carbocycles. The fourth-order valence-electron chi connectivity index (χ4n) is 1.86. The Kier molecular flexibility index (Phi) is 5.56. The Hall–Kier alpha value is -1.46. The summed E-state index contributed by atoms with van der Waals surface area (Å²) in [5, 5.41) is -0.561. The highest BCUT2D eigenvalue weighted by atomic mass is 79.9. The largest absolute Gasteiger partial charge is 0.416 e. The number of anilines is 1. The van der Waals surface area contributed by atoms with E-state index in [0.29, 0.717) is 24.3 Å². The number of benzene rings is 2. The van der Waals surface area contributed by atoms with Crippen LogP contribution in [-0.4, -0.2) is 8.42 Å². The molecule has 2 aromatic rings. The van der Waals surface area contributed by atoms with Gasteiger partial charge in [0.05, 0.1) is 26.7 Å². The Labute approximate surface area is 157 Å². The lowest BCUT2D eigenvalue weighted by atomic mass is 10.2. The first-order chi connectivity index (χ1) is 11.7. The van der Waals surface area contributed by atoms with Crippen molar-refractivity contribution in [1.82, 2.24) is 0 Å². The van der Waals surface area contributed by atoms with E-state index in [9.17, 15) is 34.8 Å². The van der Waals surface area contributed by atoms with Gasteiger partial charge < -0.3 is 0 Å². The molecule has 142 valence electrons. The first-order valence-electron chi connectivity index (χ1n) is 6.47. The van der Waals surface area contributed by atoms with Gasteiger partial charge in [0.1, 0.15) is 0 Å². The summed E-state index contributed by atoms with van der Waals surface area (Å²) in [6.07, 6.45) is -9.48. The molecule has 12 heteroatoms. The first kappa shape index (κ1) is 20.8.